The number of aryl methyl sites for hydroxylation is 1. The van der Waals surface area contributed by atoms with Crippen molar-refractivity contribution in [2.75, 3.05) is 11.5 Å². The van der Waals surface area contributed by atoms with E-state index in [9.17, 15) is 9.59 Å². The fraction of sp³-hybridized carbons (Fsp3) is 0.385. The predicted molar refractivity (Wildman–Crippen MR) is 78.1 cm³/mol. The van der Waals surface area contributed by atoms with E-state index >= 15 is 0 Å². The van der Waals surface area contributed by atoms with E-state index < -0.39 is 6.03 Å². The molecule has 6 heteroatoms. The first-order chi connectivity index (χ1) is 8.88. The second-order valence-corrected chi connectivity index (χ2v) is 5.51. The van der Waals surface area contributed by atoms with Crippen molar-refractivity contribution in [1.29, 1.82) is 0 Å². The maximum atomic E-state index is 11.6. The molecule has 3 amide bonds. The number of thioether (sulfide) groups is 1. The molecule has 0 aliphatic rings. The van der Waals surface area contributed by atoms with Gasteiger partial charge in [-0.15, -0.1) is 11.8 Å². The number of urea groups is 1. The summed E-state index contributed by atoms with van der Waals surface area (Å²) in [5.74, 6) is -0.152. The molecule has 0 unspecified atom stereocenters. The van der Waals surface area contributed by atoms with Crippen LogP contribution in [-0.2, 0) is 4.79 Å². The number of carbonyl (C=O) groups excluding carboxylic acids is 2. The van der Waals surface area contributed by atoms with Gasteiger partial charge >= 0.3 is 6.03 Å². The first-order valence-corrected chi connectivity index (χ1v) is 6.96. The lowest BCUT2D eigenvalue weighted by Crippen LogP contribution is -2.43. The maximum absolute atomic E-state index is 11.6. The van der Waals surface area contributed by atoms with Gasteiger partial charge in [0.05, 0.1) is 5.75 Å². The van der Waals surface area contributed by atoms with Crippen LogP contribution in [0.4, 0.5) is 10.5 Å². The Labute approximate surface area is 117 Å². The molecular formula is C13H19N3O2S. The van der Waals surface area contributed by atoms with Crippen molar-refractivity contribution in [3.05, 3.63) is 23.8 Å². The van der Waals surface area contributed by atoms with Crippen LogP contribution in [0.3, 0.4) is 0 Å². The van der Waals surface area contributed by atoms with Crippen LogP contribution >= 0.6 is 11.8 Å². The number of imide groups is 1. The third-order valence-corrected chi connectivity index (χ3v) is 3.40. The maximum Gasteiger partial charge on any atom is 0.321 e. The highest BCUT2D eigenvalue weighted by atomic mass is 32.2. The molecule has 0 aliphatic heterocycles. The average molecular weight is 281 g/mol. The van der Waals surface area contributed by atoms with E-state index in [1.165, 1.54) is 11.8 Å². The molecule has 0 bridgehead atoms. The molecule has 0 atom stereocenters. The number of nitrogen functional groups attached to an aromatic ring is 1. The quantitative estimate of drug-likeness (QED) is 0.581. The van der Waals surface area contributed by atoms with Gasteiger partial charge in [0.2, 0.25) is 5.91 Å². The van der Waals surface area contributed by atoms with Crippen molar-refractivity contribution in [3.8, 4) is 0 Å². The molecule has 104 valence electrons. The van der Waals surface area contributed by atoms with Crippen LogP contribution in [-0.4, -0.2) is 23.7 Å². The largest absolute Gasteiger partial charge is 0.399 e. The minimum Gasteiger partial charge on any atom is -0.399 e. The van der Waals surface area contributed by atoms with E-state index in [0.29, 0.717) is 5.69 Å². The lowest BCUT2D eigenvalue weighted by Gasteiger charge is -2.09. The molecule has 19 heavy (non-hydrogen) atoms. The van der Waals surface area contributed by atoms with Gasteiger partial charge in [-0.2, -0.15) is 0 Å². The highest BCUT2D eigenvalue weighted by molar-refractivity contribution is 8.00. The van der Waals surface area contributed by atoms with Crippen LogP contribution in [0, 0.1) is 6.92 Å². The molecule has 0 aliphatic carbocycles. The van der Waals surface area contributed by atoms with Gasteiger partial charge in [-0.3, -0.25) is 10.1 Å². The Morgan fingerprint density at radius 2 is 2.05 bits per heavy atom. The second kappa shape index (κ2) is 7.04. The molecule has 0 saturated heterocycles. The fourth-order valence-electron chi connectivity index (χ4n) is 1.38. The molecule has 0 spiro atoms. The summed E-state index contributed by atoms with van der Waals surface area (Å²) in [5.41, 5.74) is 7.40. The number of rotatable bonds is 4. The number of hydrogen-bond acceptors (Lipinski definition) is 4. The molecule has 0 fully saturated rings. The molecule has 1 rings (SSSR count). The summed E-state index contributed by atoms with van der Waals surface area (Å²) in [5, 5.41) is 4.87. The van der Waals surface area contributed by atoms with Crippen molar-refractivity contribution >= 4 is 29.4 Å². The summed E-state index contributed by atoms with van der Waals surface area (Å²) in [6, 6.07) is 5.07. The third kappa shape index (κ3) is 5.65. The summed E-state index contributed by atoms with van der Waals surface area (Å²) in [6.45, 7) is 5.61. The Morgan fingerprint density at radius 1 is 1.37 bits per heavy atom. The molecule has 1 aromatic carbocycles. The van der Waals surface area contributed by atoms with Gasteiger partial charge < -0.3 is 11.1 Å². The first kappa shape index (κ1) is 15.4. The zero-order valence-corrected chi connectivity index (χ0v) is 12.1. The van der Waals surface area contributed by atoms with Gasteiger partial charge in [-0.1, -0.05) is 6.07 Å². The van der Waals surface area contributed by atoms with E-state index in [4.69, 9.17) is 5.73 Å². The average Bonchev–Trinajstić information content (AvgIpc) is 2.29. The lowest BCUT2D eigenvalue weighted by atomic mass is 10.2. The highest BCUT2D eigenvalue weighted by Gasteiger charge is 2.09. The number of hydrogen-bond donors (Lipinski definition) is 3. The molecule has 0 radical (unpaired) electrons. The second-order valence-electron chi connectivity index (χ2n) is 4.49. The molecule has 5 nitrogen and oxygen atoms in total. The number of amides is 3. The van der Waals surface area contributed by atoms with Crippen LogP contribution in [0.2, 0.25) is 0 Å². The Morgan fingerprint density at radius 3 is 2.68 bits per heavy atom. The molecule has 1 aromatic rings. The van der Waals surface area contributed by atoms with Crippen LogP contribution in [0.5, 0.6) is 0 Å². The smallest absolute Gasteiger partial charge is 0.321 e. The SMILES string of the molecule is Cc1ccc(N)cc1SCC(=O)NC(=O)NC(C)C. The van der Waals surface area contributed by atoms with E-state index in [2.05, 4.69) is 10.6 Å². The highest BCUT2D eigenvalue weighted by Crippen LogP contribution is 2.24. The van der Waals surface area contributed by atoms with Crippen LogP contribution in [0.25, 0.3) is 0 Å². The van der Waals surface area contributed by atoms with Crippen molar-refractivity contribution in [1.82, 2.24) is 10.6 Å². The van der Waals surface area contributed by atoms with E-state index in [0.717, 1.165) is 10.5 Å². The summed E-state index contributed by atoms with van der Waals surface area (Å²) < 4.78 is 0. The minimum absolute atomic E-state index is 0.00313. The summed E-state index contributed by atoms with van der Waals surface area (Å²) >= 11 is 1.36. The lowest BCUT2D eigenvalue weighted by molar-refractivity contribution is -0.117. The van der Waals surface area contributed by atoms with Crippen LogP contribution < -0.4 is 16.4 Å². The number of benzene rings is 1. The van der Waals surface area contributed by atoms with E-state index in [1.54, 1.807) is 0 Å². The fourth-order valence-corrected chi connectivity index (χ4v) is 2.25. The first-order valence-electron chi connectivity index (χ1n) is 5.97. The van der Waals surface area contributed by atoms with E-state index in [-0.39, 0.29) is 17.7 Å². The summed E-state index contributed by atoms with van der Waals surface area (Å²) in [7, 11) is 0. The standard InChI is InChI=1S/C13H19N3O2S/c1-8(2)15-13(18)16-12(17)7-19-11-6-10(14)5-4-9(11)3/h4-6,8H,7,14H2,1-3H3,(H2,15,16,17,18). The molecule has 0 aromatic heterocycles. The Kier molecular flexibility index (Phi) is 5.69. The zero-order valence-electron chi connectivity index (χ0n) is 11.3. The normalized spacial score (nSPS) is 10.3. The zero-order chi connectivity index (χ0) is 14.4. The monoisotopic (exact) mass is 281 g/mol. The van der Waals surface area contributed by atoms with Gasteiger partial charge in [0.15, 0.2) is 0 Å². The van der Waals surface area contributed by atoms with Gasteiger partial charge in [0, 0.05) is 16.6 Å². The summed E-state index contributed by atoms with van der Waals surface area (Å²) in [4.78, 5) is 23.8. The third-order valence-electron chi connectivity index (χ3n) is 2.24. The number of anilines is 1. The Balaban J connectivity index is 2.46. The van der Waals surface area contributed by atoms with Crippen LogP contribution in [0.15, 0.2) is 23.1 Å². The Bertz CT molecular complexity index is 475. The molecule has 0 heterocycles. The number of nitrogens with one attached hydrogen (secondary N) is 2. The van der Waals surface area contributed by atoms with Gasteiger partial charge in [-0.25, -0.2) is 4.79 Å². The van der Waals surface area contributed by atoms with Crippen molar-refractivity contribution in [2.45, 2.75) is 31.7 Å². The number of nitrogens with two attached hydrogens (primary N) is 1. The summed E-state index contributed by atoms with van der Waals surface area (Å²) in [6.07, 6.45) is 0. The van der Waals surface area contributed by atoms with Crippen LogP contribution in [0.1, 0.15) is 19.4 Å². The van der Waals surface area contributed by atoms with Crippen molar-refractivity contribution in [3.63, 3.8) is 0 Å². The number of carbonyl (C=O) groups is 2. The minimum atomic E-state index is -0.468. The Hall–Kier alpha value is -1.69. The molecule has 4 N–H and O–H groups in total. The van der Waals surface area contributed by atoms with Gasteiger partial charge in [-0.05, 0) is 38.5 Å². The van der Waals surface area contributed by atoms with E-state index in [1.807, 2.05) is 39.0 Å². The van der Waals surface area contributed by atoms with Crippen molar-refractivity contribution in [2.24, 2.45) is 0 Å². The van der Waals surface area contributed by atoms with Gasteiger partial charge in [0.25, 0.3) is 0 Å². The van der Waals surface area contributed by atoms with Gasteiger partial charge in [0.1, 0.15) is 0 Å². The topological polar surface area (TPSA) is 84.2 Å². The molecular weight excluding hydrogens is 262 g/mol. The predicted octanol–water partition coefficient (Wildman–Crippen LogP) is 1.90. The molecule has 0 saturated carbocycles. The van der Waals surface area contributed by atoms with Crippen molar-refractivity contribution < 1.29 is 9.59 Å².